The van der Waals surface area contributed by atoms with Crippen molar-refractivity contribution in [1.29, 1.82) is 0 Å². The van der Waals surface area contributed by atoms with Gasteiger partial charge in [0.25, 0.3) is 0 Å². The minimum absolute atomic E-state index is 0.122. The molecule has 2 aliphatic heterocycles. The van der Waals surface area contributed by atoms with Gasteiger partial charge in [-0.05, 0) is 82.7 Å². The van der Waals surface area contributed by atoms with Crippen molar-refractivity contribution in [2.45, 2.75) is 83.3 Å². The van der Waals surface area contributed by atoms with Gasteiger partial charge in [0, 0.05) is 72.6 Å². The van der Waals surface area contributed by atoms with Gasteiger partial charge in [0.2, 0.25) is 5.91 Å². The summed E-state index contributed by atoms with van der Waals surface area (Å²) in [5, 5.41) is 3.56. The van der Waals surface area contributed by atoms with Gasteiger partial charge in [0.15, 0.2) is 0 Å². The van der Waals surface area contributed by atoms with Gasteiger partial charge in [-0.1, -0.05) is 36.7 Å². The highest BCUT2D eigenvalue weighted by atomic mass is 35.5. The molecule has 2 aliphatic rings. The number of anilines is 1. The van der Waals surface area contributed by atoms with E-state index in [0.29, 0.717) is 74.0 Å². The number of nitrogens with zero attached hydrogens (tertiary/aromatic N) is 3. The Balaban J connectivity index is 1.51. The molecule has 264 valence electrons. The van der Waals surface area contributed by atoms with Crippen LogP contribution < -0.4 is 5.32 Å². The number of carbonyl (C=O) groups excluding carboxylic acids is 3. The number of hydrogen-bond donors (Lipinski definition) is 1. The minimum atomic E-state index is -1.25. The molecule has 2 saturated heterocycles. The fourth-order valence-corrected chi connectivity index (χ4v) is 7.99. The van der Waals surface area contributed by atoms with Crippen molar-refractivity contribution in [2.75, 3.05) is 50.9 Å². The molecule has 0 bridgehead atoms. The van der Waals surface area contributed by atoms with Crippen LogP contribution in [0.4, 0.5) is 19.7 Å². The van der Waals surface area contributed by atoms with Gasteiger partial charge in [-0.3, -0.25) is 4.79 Å². The van der Waals surface area contributed by atoms with Crippen molar-refractivity contribution in [1.82, 2.24) is 14.1 Å². The van der Waals surface area contributed by atoms with E-state index in [-0.39, 0.29) is 24.8 Å². The van der Waals surface area contributed by atoms with Crippen molar-refractivity contribution in [2.24, 2.45) is 0 Å². The number of halogens is 2. The van der Waals surface area contributed by atoms with E-state index in [4.69, 9.17) is 21.1 Å². The highest BCUT2D eigenvalue weighted by Crippen LogP contribution is 2.40. The zero-order valence-corrected chi connectivity index (χ0v) is 30.1. The van der Waals surface area contributed by atoms with E-state index in [1.165, 1.54) is 13.2 Å². The Morgan fingerprint density at radius 3 is 2.33 bits per heavy atom. The van der Waals surface area contributed by atoms with Crippen molar-refractivity contribution in [3.05, 3.63) is 64.4 Å². The summed E-state index contributed by atoms with van der Waals surface area (Å²) >= 11 is 6.17. The number of likely N-dealkylation sites (tertiary alicyclic amines) is 1. The summed E-state index contributed by atoms with van der Waals surface area (Å²) in [7, 11) is 0.102. The molecule has 0 saturated carbocycles. The SMILES string of the molecule is CCCS(=O)N1CCN(C(=O)OC(C)(C)C)C[C@@H]1CCc1c(F)cccc1NC(=O)CC1(c2ccc(Cl)cc2)CCN(C(=O)OC)CC1. The van der Waals surface area contributed by atoms with E-state index in [0.717, 1.165) is 12.0 Å². The fraction of sp³-hybridized carbons (Fsp3) is 0.571. The Morgan fingerprint density at radius 1 is 1.02 bits per heavy atom. The molecule has 1 unspecified atom stereocenters. The first-order valence-electron chi connectivity index (χ1n) is 16.5. The lowest BCUT2D eigenvalue weighted by Crippen LogP contribution is -2.56. The minimum Gasteiger partial charge on any atom is -0.453 e. The molecule has 13 heteroatoms. The Labute approximate surface area is 290 Å². The Bertz CT molecular complexity index is 1460. The molecular formula is C35H48ClFN4O6S. The molecule has 0 aromatic heterocycles. The van der Waals surface area contributed by atoms with Crippen molar-refractivity contribution in [3.63, 3.8) is 0 Å². The number of amides is 3. The molecule has 2 aromatic carbocycles. The van der Waals surface area contributed by atoms with E-state index in [1.54, 1.807) is 34.1 Å². The number of piperazine rings is 1. The molecule has 48 heavy (non-hydrogen) atoms. The molecule has 0 radical (unpaired) electrons. The molecule has 2 fully saturated rings. The molecular weight excluding hydrogens is 659 g/mol. The van der Waals surface area contributed by atoms with Crippen molar-refractivity contribution in [3.8, 4) is 0 Å². The molecule has 2 aromatic rings. The van der Waals surface area contributed by atoms with Crippen LogP contribution in [-0.2, 0) is 37.1 Å². The summed E-state index contributed by atoms with van der Waals surface area (Å²) in [5.41, 5.74) is 0.448. The zero-order valence-electron chi connectivity index (χ0n) is 28.6. The maximum absolute atomic E-state index is 15.4. The second-order valence-electron chi connectivity index (χ2n) is 13.5. The molecule has 4 rings (SSSR count). The lowest BCUT2D eigenvalue weighted by Gasteiger charge is -2.41. The first-order valence-corrected chi connectivity index (χ1v) is 18.2. The summed E-state index contributed by atoms with van der Waals surface area (Å²) < 4.78 is 41.0. The Morgan fingerprint density at radius 2 is 1.71 bits per heavy atom. The highest BCUT2D eigenvalue weighted by molar-refractivity contribution is 7.82. The van der Waals surface area contributed by atoms with Crippen molar-refractivity contribution >= 4 is 46.4 Å². The molecule has 3 amide bonds. The number of piperidine rings is 1. The van der Waals surface area contributed by atoms with Crippen LogP contribution in [0.25, 0.3) is 0 Å². The van der Waals surface area contributed by atoms with Gasteiger partial charge in [-0.25, -0.2) is 22.5 Å². The van der Waals surface area contributed by atoms with Crippen molar-refractivity contribution < 1.29 is 32.5 Å². The van der Waals surface area contributed by atoms with Gasteiger partial charge in [0.05, 0.1) is 18.1 Å². The number of hydrogen-bond acceptors (Lipinski definition) is 6. The van der Waals surface area contributed by atoms with E-state index in [2.05, 4.69) is 5.32 Å². The average molecular weight is 707 g/mol. The fourth-order valence-electron chi connectivity index (χ4n) is 6.49. The summed E-state index contributed by atoms with van der Waals surface area (Å²) in [6, 6.07) is 11.7. The zero-order chi connectivity index (χ0) is 35.1. The lowest BCUT2D eigenvalue weighted by atomic mass is 9.70. The van der Waals surface area contributed by atoms with Crippen LogP contribution in [0.3, 0.4) is 0 Å². The monoisotopic (exact) mass is 706 g/mol. The van der Waals surface area contributed by atoms with E-state index >= 15 is 4.39 Å². The maximum Gasteiger partial charge on any atom is 0.410 e. The molecule has 0 aliphatic carbocycles. The van der Waals surface area contributed by atoms with Gasteiger partial charge in [0.1, 0.15) is 11.4 Å². The van der Waals surface area contributed by atoms with Crippen LogP contribution in [0.1, 0.15) is 70.9 Å². The largest absolute Gasteiger partial charge is 0.453 e. The molecule has 10 nitrogen and oxygen atoms in total. The van der Waals surface area contributed by atoms with Gasteiger partial charge in [-0.2, -0.15) is 0 Å². The third-order valence-electron chi connectivity index (χ3n) is 8.95. The first-order chi connectivity index (χ1) is 22.7. The third-order valence-corrected chi connectivity index (χ3v) is 11.0. The number of rotatable bonds is 10. The predicted octanol–water partition coefficient (Wildman–Crippen LogP) is 6.54. The van der Waals surface area contributed by atoms with E-state index < -0.39 is 40.0 Å². The van der Waals surface area contributed by atoms with E-state index in [9.17, 15) is 18.6 Å². The number of benzene rings is 2. The smallest absolute Gasteiger partial charge is 0.410 e. The second kappa shape index (κ2) is 16.5. The summed E-state index contributed by atoms with van der Waals surface area (Å²) in [6.45, 7) is 9.34. The van der Waals surface area contributed by atoms with Crippen LogP contribution >= 0.6 is 11.6 Å². The summed E-state index contributed by atoms with van der Waals surface area (Å²) in [5.74, 6) is -0.230. The predicted molar refractivity (Wildman–Crippen MR) is 186 cm³/mol. The molecule has 0 spiro atoms. The summed E-state index contributed by atoms with van der Waals surface area (Å²) in [4.78, 5) is 42.1. The highest BCUT2D eigenvalue weighted by Gasteiger charge is 2.40. The summed E-state index contributed by atoms with van der Waals surface area (Å²) in [6.07, 6.45) is 1.77. The standard InChI is InChI=1S/C35H48ClFN4O6S/c1-6-22-48(45)41-21-20-40(33(44)47-34(2,3)4)24-27(41)14-15-28-29(37)8-7-9-30(28)38-31(42)23-35(25-10-12-26(36)13-11-25)16-18-39(19-17-35)32(43)46-5/h7-13,27H,6,14-24H2,1-5H3,(H,38,42)/t27-,48?/m0/s1. The Hall–Kier alpha value is -3.22. The maximum atomic E-state index is 15.4. The molecule has 1 N–H and O–H groups in total. The number of carbonyl (C=O) groups is 3. The van der Waals surface area contributed by atoms with Gasteiger partial charge in [-0.15, -0.1) is 0 Å². The van der Waals surface area contributed by atoms with Crippen LogP contribution in [0.5, 0.6) is 0 Å². The Kier molecular flexibility index (Phi) is 12.9. The van der Waals surface area contributed by atoms with Crippen LogP contribution in [0.2, 0.25) is 5.02 Å². The van der Waals surface area contributed by atoms with Crippen LogP contribution in [0.15, 0.2) is 42.5 Å². The topological polar surface area (TPSA) is 108 Å². The molecule has 2 atom stereocenters. The van der Waals surface area contributed by atoms with E-state index in [1.807, 2.05) is 44.1 Å². The number of methoxy groups -OCH3 is 1. The number of nitrogens with one attached hydrogen (secondary N) is 1. The third kappa shape index (κ3) is 9.69. The number of ether oxygens (including phenoxy) is 2. The quantitative estimate of drug-likeness (QED) is 0.301. The van der Waals surface area contributed by atoms with Crippen LogP contribution in [0, 0.1) is 5.82 Å². The first kappa shape index (κ1) is 37.6. The van der Waals surface area contributed by atoms with Gasteiger partial charge < -0.3 is 24.6 Å². The van der Waals surface area contributed by atoms with Gasteiger partial charge >= 0.3 is 12.2 Å². The normalized spacial score (nSPS) is 19.0. The average Bonchev–Trinajstić information content (AvgIpc) is 3.04. The second-order valence-corrected chi connectivity index (χ2v) is 15.5. The lowest BCUT2D eigenvalue weighted by molar-refractivity contribution is -0.117. The van der Waals surface area contributed by atoms with Crippen LogP contribution in [-0.4, -0.2) is 93.6 Å². The molecule has 2 heterocycles.